The number of rotatable bonds is 2. The lowest BCUT2D eigenvalue weighted by molar-refractivity contribution is -0.354. The van der Waals surface area contributed by atoms with Crippen molar-refractivity contribution in [1.29, 1.82) is 0 Å². The number of hydrogen-bond donors (Lipinski definition) is 0. The molecule has 0 unspecified atom stereocenters. The Morgan fingerprint density at radius 1 is 1.00 bits per heavy atom. The smallest absolute Gasteiger partial charge is 0.216 e. The number of benzene rings is 2. The molecule has 86 valence electrons. The summed E-state index contributed by atoms with van der Waals surface area (Å²) in [6.45, 7) is 4.03. The van der Waals surface area contributed by atoms with Crippen LogP contribution in [0.1, 0.15) is 16.7 Å². The molecule has 0 saturated heterocycles. The number of aryl methyl sites for hydroxylation is 2. The van der Waals surface area contributed by atoms with Crippen LogP contribution in [0.15, 0.2) is 48.5 Å². The summed E-state index contributed by atoms with van der Waals surface area (Å²) in [6.07, 6.45) is 1.62. The Labute approximate surface area is 101 Å². The molecule has 2 nitrogen and oxygen atoms in total. The van der Waals surface area contributed by atoms with Crippen LogP contribution in [0.2, 0.25) is 0 Å². The van der Waals surface area contributed by atoms with Crippen molar-refractivity contribution in [3.05, 3.63) is 70.4 Å². The first-order valence-electron chi connectivity index (χ1n) is 5.60. The minimum Gasteiger partial charge on any atom is -0.618 e. The molecule has 0 spiro atoms. The van der Waals surface area contributed by atoms with E-state index >= 15 is 0 Å². The Balaban J connectivity index is 2.39. The summed E-state index contributed by atoms with van der Waals surface area (Å²) in [4.78, 5) is 0. The highest BCUT2D eigenvalue weighted by Crippen LogP contribution is 2.12. The Bertz CT molecular complexity index is 544. The third kappa shape index (κ3) is 2.72. The van der Waals surface area contributed by atoms with Crippen LogP contribution < -0.4 is 0 Å². The maximum absolute atomic E-state index is 11.9. The second kappa shape index (κ2) is 4.83. The summed E-state index contributed by atoms with van der Waals surface area (Å²) in [7, 11) is 0. The van der Waals surface area contributed by atoms with Crippen molar-refractivity contribution in [2.75, 3.05) is 0 Å². The van der Waals surface area contributed by atoms with Gasteiger partial charge < -0.3 is 5.21 Å². The van der Waals surface area contributed by atoms with Crippen LogP contribution >= 0.6 is 0 Å². The van der Waals surface area contributed by atoms with Gasteiger partial charge >= 0.3 is 0 Å². The van der Waals surface area contributed by atoms with Gasteiger partial charge in [-0.3, -0.25) is 0 Å². The molecule has 0 aliphatic rings. The van der Waals surface area contributed by atoms with E-state index in [2.05, 4.69) is 0 Å². The second-order valence-electron chi connectivity index (χ2n) is 4.15. The van der Waals surface area contributed by atoms with Crippen molar-refractivity contribution in [1.82, 2.24) is 0 Å². The number of hydrogen-bond acceptors (Lipinski definition) is 1. The van der Waals surface area contributed by atoms with E-state index in [0.29, 0.717) is 5.69 Å². The fourth-order valence-electron chi connectivity index (χ4n) is 1.67. The van der Waals surface area contributed by atoms with Crippen LogP contribution in [0.5, 0.6) is 0 Å². The topological polar surface area (TPSA) is 26.1 Å². The lowest BCUT2D eigenvalue weighted by atomic mass is 10.1. The van der Waals surface area contributed by atoms with Crippen LogP contribution in [0.25, 0.3) is 0 Å². The van der Waals surface area contributed by atoms with E-state index in [9.17, 15) is 5.21 Å². The average molecular weight is 225 g/mol. The van der Waals surface area contributed by atoms with E-state index in [0.717, 1.165) is 21.4 Å². The SMILES string of the molecule is Cc1ccc(C)c(C=[N+]([O-])c2ccccc2)c1. The molecule has 0 atom stereocenters. The molecular weight excluding hydrogens is 210 g/mol. The highest BCUT2D eigenvalue weighted by atomic mass is 16.5. The predicted molar refractivity (Wildman–Crippen MR) is 70.8 cm³/mol. The van der Waals surface area contributed by atoms with E-state index < -0.39 is 0 Å². The van der Waals surface area contributed by atoms with Gasteiger partial charge in [0.1, 0.15) is 0 Å². The quantitative estimate of drug-likeness (QED) is 0.332. The van der Waals surface area contributed by atoms with Crippen LogP contribution in [-0.4, -0.2) is 11.0 Å². The van der Waals surface area contributed by atoms with E-state index in [4.69, 9.17) is 0 Å². The lowest BCUT2D eigenvalue weighted by Gasteiger charge is -2.04. The van der Waals surface area contributed by atoms with Crippen LogP contribution in [0, 0.1) is 19.1 Å². The average Bonchev–Trinajstić information content (AvgIpc) is 2.35. The van der Waals surface area contributed by atoms with Gasteiger partial charge in [0.05, 0.1) is 0 Å². The molecule has 0 saturated carbocycles. The molecule has 2 rings (SSSR count). The number of para-hydroxylation sites is 1. The maximum atomic E-state index is 11.9. The van der Waals surface area contributed by atoms with E-state index in [1.807, 2.05) is 50.2 Å². The largest absolute Gasteiger partial charge is 0.618 e. The Hall–Kier alpha value is -2.09. The molecule has 0 amide bonds. The van der Waals surface area contributed by atoms with Gasteiger partial charge in [-0.2, -0.15) is 4.74 Å². The molecule has 2 aromatic rings. The standard InChI is InChI=1S/C15H15NO/c1-12-8-9-13(2)14(10-12)11-16(17)15-6-4-3-5-7-15/h3-11H,1-2H3. The molecule has 0 aromatic heterocycles. The predicted octanol–water partition coefficient (Wildman–Crippen LogP) is 3.56. The van der Waals surface area contributed by atoms with Crippen molar-refractivity contribution in [2.24, 2.45) is 0 Å². The molecule has 0 N–H and O–H groups in total. The first-order valence-corrected chi connectivity index (χ1v) is 5.60. The zero-order valence-corrected chi connectivity index (χ0v) is 10.1. The van der Waals surface area contributed by atoms with Crippen LogP contribution in [0.3, 0.4) is 0 Å². The fourth-order valence-corrected chi connectivity index (χ4v) is 1.67. The van der Waals surface area contributed by atoms with Crippen molar-refractivity contribution in [3.63, 3.8) is 0 Å². The molecule has 0 fully saturated rings. The zero-order valence-electron chi connectivity index (χ0n) is 10.1. The number of nitrogens with zero attached hydrogens (tertiary/aromatic N) is 1. The van der Waals surface area contributed by atoms with Crippen molar-refractivity contribution < 1.29 is 4.74 Å². The van der Waals surface area contributed by atoms with Crippen molar-refractivity contribution in [3.8, 4) is 0 Å². The van der Waals surface area contributed by atoms with E-state index in [-0.39, 0.29) is 0 Å². The molecule has 2 heteroatoms. The van der Waals surface area contributed by atoms with Gasteiger partial charge in [-0.1, -0.05) is 35.9 Å². The van der Waals surface area contributed by atoms with Gasteiger partial charge in [-0.05, 0) is 25.5 Å². The van der Waals surface area contributed by atoms with Gasteiger partial charge in [0.15, 0.2) is 6.21 Å². The normalized spacial score (nSPS) is 11.5. The highest BCUT2D eigenvalue weighted by molar-refractivity contribution is 5.79. The van der Waals surface area contributed by atoms with E-state index in [1.54, 1.807) is 18.3 Å². The first-order chi connectivity index (χ1) is 8.16. The van der Waals surface area contributed by atoms with Gasteiger partial charge in [0.25, 0.3) is 0 Å². The molecule has 0 aliphatic heterocycles. The minimum atomic E-state index is 0.647. The van der Waals surface area contributed by atoms with Crippen LogP contribution in [0.4, 0.5) is 5.69 Å². The molecule has 0 heterocycles. The summed E-state index contributed by atoms with van der Waals surface area (Å²) in [5.41, 5.74) is 3.87. The van der Waals surface area contributed by atoms with Gasteiger partial charge in [0.2, 0.25) is 5.69 Å². The highest BCUT2D eigenvalue weighted by Gasteiger charge is 2.03. The molecule has 0 bridgehead atoms. The second-order valence-corrected chi connectivity index (χ2v) is 4.15. The molecule has 2 aromatic carbocycles. The Kier molecular flexibility index (Phi) is 3.24. The first kappa shape index (κ1) is 11.4. The maximum Gasteiger partial charge on any atom is 0.216 e. The van der Waals surface area contributed by atoms with Crippen molar-refractivity contribution in [2.45, 2.75) is 13.8 Å². The van der Waals surface area contributed by atoms with Gasteiger partial charge in [-0.25, -0.2) is 0 Å². The lowest BCUT2D eigenvalue weighted by Crippen LogP contribution is -2.00. The summed E-state index contributed by atoms with van der Waals surface area (Å²) >= 11 is 0. The summed E-state index contributed by atoms with van der Waals surface area (Å²) < 4.78 is 0.905. The van der Waals surface area contributed by atoms with E-state index in [1.165, 1.54) is 0 Å². The minimum absolute atomic E-state index is 0.647. The third-order valence-corrected chi connectivity index (χ3v) is 2.70. The van der Waals surface area contributed by atoms with Crippen molar-refractivity contribution >= 4 is 11.9 Å². The summed E-state index contributed by atoms with van der Waals surface area (Å²) in [5, 5.41) is 11.9. The molecule has 17 heavy (non-hydrogen) atoms. The fraction of sp³-hybridized carbons (Fsp3) is 0.133. The molecular formula is C15H15NO. The zero-order chi connectivity index (χ0) is 12.3. The van der Waals surface area contributed by atoms with Crippen LogP contribution in [-0.2, 0) is 0 Å². The molecule has 0 radical (unpaired) electrons. The Morgan fingerprint density at radius 3 is 2.41 bits per heavy atom. The molecule has 0 aliphatic carbocycles. The Morgan fingerprint density at radius 2 is 1.71 bits per heavy atom. The van der Waals surface area contributed by atoms with Gasteiger partial charge in [-0.15, -0.1) is 0 Å². The summed E-state index contributed by atoms with van der Waals surface area (Å²) in [6, 6.07) is 15.3. The monoisotopic (exact) mass is 225 g/mol. The van der Waals surface area contributed by atoms with Gasteiger partial charge in [0, 0.05) is 17.7 Å². The summed E-state index contributed by atoms with van der Waals surface area (Å²) in [5.74, 6) is 0. The third-order valence-electron chi connectivity index (χ3n) is 2.70.